The molecule has 5 rings (SSSR count). The number of pyridine rings is 1. The molecule has 1 unspecified atom stereocenters. The van der Waals surface area contributed by atoms with Crippen LogP contribution in [0.4, 0.5) is 0 Å². The first-order valence-corrected chi connectivity index (χ1v) is 9.57. The van der Waals surface area contributed by atoms with Gasteiger partial charge in [0.25, 0.3) is 5.91 Å². The minimum absolute atomic E-state index is 0.0346. The van der Waals surface area contributed by atoms with Crippen LogP contribution in [-0.4, -0.2) is 35.0 Å². The summed E-state index contributed by atoms with van der Waals surface area (Å²) in [6, 6.07) is 25.8. The minimum Gasteiger partial charge on any atom is -0.472 e. The number of fused-ring (bicyclic) bond motifs is 2. The van der Waals surface area contributed by atoms with Crippen LogP contribution < -0.4 is 4.74 Å². The summed E-state index contributed by atoms with van der Waals surface area (Å²) in [5, 5.41) is 3.17. The molecule has 1 atom stereocenters. The number of rotatable bonds is 3. The number of carbonyl (C=O) groups is 1. The van der Waals surface area contributed by atoms with Crippen molar-refractivity contribution in [2.45, 2.75) is 12.5 Å². The molecule has 4 aromatic rings. The molecular weight excluding hydrogens is 348 g/mol. The van der Waals surface area contributed by atoms with E-state index in [0.29, 0.717) is 19.0 Å². The van der Waals surface area contributed by atoms with Gasteiger partial charge < -0.3 is 9.64 Å². The third kappa shape index (κ3) is 3.07. The number of ether oxygens (including phenoxy) is 1. The van der Waals surface area contributed by atoms with Crippen molar-refractivity contribution >= 4 is 27.6 Å². The molecule has 138 valence electrons. The van der Waals surface area contributed by atoms with E-state index in [-0.39, 0.29) is 12.0 Å². The van der Waals surface area contributed by atoms with Crippen LogP contribution in [0.1, 0.15) is 16.8 Å². The lowest BCUT2D eigenvalue weighted by molar-refractivity contribution is 0.0773. The molecule has 0 bridgehead atoms. The summed E-state index contributed by atoms with van der Waals surface area (Å²) < 4.78 is 6.08. The Morgan fingerprint density at radius 3 is 2.61 bits per heavy atom. The molecule has 0 spiro atoms. The fraction of sp³-hybridized carbons (Fsp3) is 0.167. The summed E-state index contributed by atoms with van der Waals surface area (Å²) in [6.07, 6.45) is 0.776. The molecule has 3 aromatic carbocycles. The van der Waals surface area contributed by atoms with E-state index in [1.165, 1.54) is 0 Å². The predicted molar refractivity (Wildman–Crippen MR) is 111 cm³/mol. The zero-order chi connectivity index (χ0) is 18.9. The van der Waals surface area contributed by atoms with Gasteiger partial charge in [-0.3, -0.25) is 4.79 Å². The molecule has 1 saturated heterocycles. The van der Waals surface area contributed by atoms with Gasteiger partial charge in [-0.05, 0) is 29.0 Å². The number of para-hydroxylation sites is 1. The number of nitrogens with zero attached hydrogens (tertiary/aromatic N) is 2. The van der Waals surface area contributed by atoms with Crippen molar-refractivity contribution < 1.29 is 9.53 Å². The van der Waals surface area contributed by atoms with Crippen molar-refractivity contribution in [3.8, 4) is 5.88 Å². The smallest absolute Gasteiger partial charge is 0.254 e. The number of amides is 1. The van der Waals surface area contributed by atoms with Gasteiger partial charge in [0, 0.05) is 30.0 Å². The highest BCUT2D eigenvalue weighted by Gasteiger charge is 2.29. The van der Waals surface area contributed by atoms with Crippen molar-refractivity contribution in [1.29, 1.82) is 0 Å². The molecular formula is C24H20N2O2. The Labute approximate surface area is 163 Å². The van der Waals surface area contributed by atoms with E-state index < -0.39 is 0 Å². The van der Waals surface area contributed by atoms with Gasteiger partial charge in [0.15, 0.2) is 0 Å². The van der Waals surface area contributed by atoms with Crippen molar-refractivity contribution in [3.05, 3.63) is 84.4 Å². The number of aromatic nitrogens is 1. The van der Waals surface area contributed by atoms with Gasteiger partial charge in [-0.2, -0.15) is 0 Å². The third-order valence-corrected chi connectivity index (χ3v) is 5.31. The molecule has 0 saturated carbocycles. The molecule has 4 heteroatoms. The maximum atomic E-state index is 13.1. The van der Waals surface area contributed by atoms with Crippen LogP contribution in [-0.2, 0) is 0 Å². The maximum Gasteiger partial charge on any atom is 0.254 e. The van der Waals surface area contributed by atoms with Gasteiger partial charge in [-0.25, -0.2) is 4.98 Å². The van der Waals surface area contributed by atoms with E-state index in [9.17, 15) is 4.79 Å². The Balaban J connectivity index is 1.33. The van der Waals surface area contributed by atoms with Crippen molar-refractivity contribution in [2.75, 3.05) is 13.1 Å². The second-order valence-corrected chi connectivity index (χ2v) is 7.15. The number of benzene rings is 3. The van der Waals surface area contributed by atoms with Crippen LogP contribution in [0.3, 0.4) is 0 Å². The average molecular weight is 368 g/mol. The Morgan fingerprint density at radius 1 is 0.893 bits per heavy atom. The molecule has 0 aliphatic carbocycles. The molecule has 2 heterocycles. The number of likely N-dealkylation sites (tertiary alicyclic amines) is 1. The lowest BCUT2D eigenvalue weighted by Crippen LogP contribution is -2.31. The van der Waals surface area contributed by atoms with Gasteiger partial charge in [0.2, 0.25) is 5.88 Å². The number of carbonyl (C=O) groups excluding carboxylic acids is 1. The highest BCUT2D eigenvalue weighted by molar-refractivity contribution is 6.07. The van der Waals surface area contributed by atoms with Gasteiger partial charge in [-0.1, -0.05) is 54.6 Å². The van der Waals surface area contributed by atoms with E-state index in [4.69, 9.17) is 4.74 Å². The summed E-state index contributed by atoms with van der Waals surface area (Å²) in [7, 11) is 0. The van der Waals surface area contributed by atoms with Crippen LogP contribution in [0.25, 0.3) is 21.7 Å². The second-order valence-electron chi connectivity index (χ2n) is 7.15. The van der Waals surface area contributed by atoms with Crippen LogP contribution in [0.2, 0.25) is 0 Å². The Morgan fingerprint density at radius 2 is 1.68 bits per heavy atom. The first-order chi connectivity index (χ1) is 13.8. The third-order valence-electron chi connectivity index (χ3n) is 5.31. The Bertz CT molecular complexity index is 1170. The van der Waals surface area contributed by atoms with Crippen LogP contribution >= 0.6 is 0 Å². The monoisotopic (exact) mass is 368 g/mol. The van der Waals surface area contributed by atoms with E-state index in [0.717, 1.165) is 33.7 Å². The summed E-state index contributed by atoms with van der Waals surface area (Å²) in [6.45, 7) is 1.27. The highest BCUT2D eigenvalue weighted by Crippen LogP contribution is 2.24. The molecule has 1 aromatic heterocycles. The van der Waals surface area contributed by atoms with E-state index >= 15 is 0 Å². The molecule has 4 nitrogen and oxygen atoms in total. The quantitative estimate of drug-likeness (QED) is 0.527. The zero-order valence-corrected chi connectivity index (χ0v) is 15.4. The molecule has 0 radical (unpaired) electrons. The van der Waals surface area contributed by atoms with Crippen LogP contribution in [0.5, 0.6) is 5.88 Å². The predicted octanol–water partition coefficient (Wildman–Crippen LogP) is 4.68. The van der Waals surface area contributed by atoms with Gasteiger partial charge in [0.05, 0.1) is 12.1 Å². The van der Waals surface area contributed by atoms with Crippen LogP contribution in [0.15, 0.2) is 78.9 Å². The molecule has 1 aliphatic heterocycles. The van der Waals surface area contributed by atoms with E-state index in [1.807, 2.05) is 83.8 Å². The lowest BCUT2D eigenvalue weighted by Gasteiger charge is -2.18. The zero-order valence-electron chi connectivity index (χ0n) is 15.4. The van der Waals surface area contributed by atoms with Gasteiger partial charge in [0.1, 0.15) is 6.10 Å². The molecule has 1 amide bonds. The van der Waals surface area contributed by atoms with E-state index in [2.05, 4.69) is 4.98 Å². The van der Waals surface area contributed by atoms with Gasteiger partial charge in [-0.15, -0.1) is 0 Å². The largest absolute Gasteiger partial charge is 0.472 e. The first kappa shape index (κ1) is 16.8. The molecule has 28 heavy (non-hydrogen) atoms. The number of hydrogen-bond donors (Lipinski definition) is 0. The van der Waals surface area contributed by atoms with Crippen molar-refractivity contribution in [2.24, 2.45) is 0 Å². The van der Waals surface area contributed by atoms with E-state index in [1.54, 1.807) is 0 Å². The minimum atomic E-state index is -0.0346. The summed E-state index contributed by atoms with van der Waals surface area (Å²) in [4.78, 5) is 19.6. The number of hydrogen-bond acceptors (Lipinski definition) is 3. The molecule has 0 N–H and O–H groups in total. The SMILES string of the molecule is O=C(c1cccc2ccccc12)N1CCC(Oc2ccc3ccccc3n2)C1. The Kier molecular flexibility index (Phi) is 4.17. The fourth-order valence-electron chi connectivity index (χ4n) is 3.87. The lowest BCUT2D eigenvalue weighted by atomic mass is 10.0. The average Bonchev–Trinajstić information content (AvgIpc) is 3.21. The van der Waals surface area contributed by atoms with Crippen LogP contribution in [0, 0.1) is 0 Å². The maximum absolute atomic E-state index is 13.1. The first-order valence-electron chi connectivity index (χ1n) is 9.57. The molecule has 1 fully saturated rings. The second kappa shape index (κ2) is 6.97. The summed E-state index contributed by atoms with van der Waals surface area (Å²) in [5.41, 5.74) is 1.67. The highest BCUT2D eigenvalue weighted by atomic mass is 16.5. The topological polar surface area (TPSA) is 42.4 Å². The Hall–Kier alpha value is -3.40. The van der Waals surface area contributed by atoms with Crippen molar-refractivity contribution in [3.63, 3.8) is 0 Å². The molecule has 1 aliphatic rings. The summed E-state index contributed by atoms with van der Waals surface area (Å²) >= 11 is 0. The standard InChI is InChI=1S/C24H20N2O2/c27-24(21-10-5-8-17-6-1-3-9-20(17)21)26-15-14-19(16-26)28-23-13-12-18-7-2-4-11-22(18)25-23/h1-13,19H,14-16H2. The van der Waals surface area contributed by atoms with Crippen molar-refractivity contribution in [1.82, 2.24) is 9.88 Å². The summed E-state index contributed by atoms with van der Waals surface area (Å²) in [5.74, 6) is 0.678. The normalized spacial score (nSPS) is 16.6. The van der Waals surface area contributed by atoms with Gasteiger partial charge >= 0.3 is 0 Å². The fourth-order valence-corrected chi connectivity index (χ4v) is 3.87.